The van der Waals surface area contributed by atoms with Gasteiger partial charge in [0.25, 0.3) is 1.43 Å². The fourth-order valence-electron chi connectivity index (χ4n) is 6.64. The molecule has 5 heteroatoms. The Bertz CT molecular complexity index is 934. The fraction of sp³-hybridized carbons (Fsp3) is 0.696. The van der Waals surface area contributed by atoms with Crippen molar-refractivity contribution in [3.8, 4) is 0 Å². The first kappa shape index (κ1) is 48.5. The summed E-state index contributed by atoms with van der Waals surface area (Å²) in [4.78, 5) is 0. The molecule has 51 heavy (non-hydrogen) atoms. The molecule has 0 radical (unpaired) electrons. The molecule has 0 fully saturated rings. The largest absolute Gasteiger partial charge is 0.494 e. The molecule has 2 unspecified atom stereocenters. The lowest BCUT2D eigenvalue weighted by molar-refractivity contribution is -0.0441. The van der Waals surface area contributed by atoms with Gasteiger partial charge in [0.2, 0.25) is 0 Å². The minimum Gasteiger partial charge on any atom is -0.494 e. The van der Waals surface area contributed by atoms with Gasteiger partial charge in [-0.2, -0.15) is 0 Å². The monoisotopic (exact) mass is 719 g/mol. The van der Waals surface area contributed by atoms with Crippen LogP contribution in [0.5, 0.6) is 0 Å². The van der Waals surface area contributed by atoms with Crippen molar-refractivity contribution in [2.45, 2.75) is 209 Å². The number of rotatable bonds is 30. The van der Waals surface area contributed by atoms with Crippen molar-refractivity contribution in [1.29, 1.82) is 1.43 Å². The van der Waals surface area contributed by atoms with Gasteiger partial charge in [-0.1, -0.05) is 187 Å². The van der Waals surface area contributed by atoms with Gasteiger partial charge in [0.15, 0.2) is 0 Å². The molecule has 2 aromatic carbocycles. The zero-order valence-electron chi connectivity index (χ0n) is 34.4. The molecule has 2 rings (SSSR count). The van der Waals surface area contributed by atoms with Crippen LogP contribution >= 0.6 is 0 Å². The Morgan fingerprint density at radius 2 is 0.882 bits per heavy atom. The van der Waals surface area contributed by atoms with Crippen molar-refractivity contribution in [2.75, 3.05) is 10.6 Å². The van der Waals surface area contributed by atoms with E-state index in [1.807, 2.05) is 5.31 Å². The molecule has 0 amide bonds. The number of halogens is 1. The molecule has 0 aromatic heterocycles. The quantitative estimate of drug-likeness (QED) is 0.0556. The number of anilines is 2. The van der Waals surface area contributed by atoms with Gasteiger partial charge in [0.1, 0.15) is 6.10 Å². The molecular formula is C46H85FN2O2. The number of aryl methyl sites for hydroxylation is 2. The van der Waals surface area contributed by atoms with E-state index in [1.165, 1.54) is 160 Å². The smallest absolute Gasteiger partial charge is 0.261 e. The van der Waals surface area contributed by atoms with Gasteiger partial charge < -0.3 is 15.4 Å². The third-order valence-electron chi connectivity index (χ3n) is 9.57. The van der Waals surface area contributed by atoms with Gasteiger partial charge in [-0.15, -0.1) is 0 Å². The van der Waals surface area contributed by atoms with Crippen molar-refractivity contribution in [3.63, 3.8) is 0 Å². The summed E-state index contributed by atoms with van der Waals surface area (Å²) in [6.45, 7) is 12.8. The molecular weight excluding hydrogens is 632 g/mol. The summed E-state index contributed by atoms with van der Waals surface area (Å²) in [5.41, 5.74) is 5.15. The molecule has 2 atom stereocenters. The van der Waals surface area contributed by atoms with Gasteiger partial charge in [0, 0.05) is 12.7 Å². The second kappa shape index (κ2) is 37.2. The van der Waals surface area contributed by atoms with Crippen LogP contribution in [0.3, 0.4) is 0 Å². The van der Waals surface area contributed by atoms with Crippen LogP contribution in [0.1, 0.15) is 191 Å². The van der Waals surface area contributed by atoms with Gasteiger partial charge >= 0.3 is 0 Å². The van der Waals surface area contributed by atoms with E-state index in [4.69, 9.17) is 7.54 Å². The zero-order valence-corrected chi connectivity index (χ0v) is 32.4. The van der Waals surface area contributed by atoms with Crippen LogP contribution in [0.4, 0.5) is 15.9 Å². The lowest BCUT2D eigenvalue weighted by Gasteiger charge is -2.31. The van der Waals surface area contributed by atoms with Crippen molar-refractivity contribution in [3.05, 3.63) is 72.5 Å². The molecule has 0 saturated carbocycles. The average molecular weight is 719 g/mol. The molecule has 0 heterocycles. The minimum absolute atomic E-state index is 0. The minimum atomic E-state index is -0.0601. The summed E-state index contributed by atoms with van der Waals surface area (Å²) in [6.07, 6.45) is 31.6. The predicted molar refractivity (Wildman–Crippen MR) is 229 cm³/mol. The Kier molecular flexibility index (Phi) is 35.4. The van der Waals surface area contributed by atoms with E-state index in [1.54, 1.807) is 6.26 Å². The molecule has 0 aliphatic heterocycles. The Hall–Kier alpha value is -2.53. The highest BCUT2D eigenvalue weighted by molar-refractivity contribution is 5.47. The maximum Gasteiger partial charge on any atom is 0.261 e. The highest BCUT2D eigenvalue weighted by atomic mass is 19.3. The molecule has 0 saturated heterocycles. The SMILES string of the molecule is C.C.C=COC(C(C)Nc1ccc(CCCCCCCCCCCC)cc1)C(C)Nc1ccc(CCCCCCCCCCCC)cc1.[2H]C.[2H]OF. The maximum absolute atomic E-state index is 9.46. The summed E-state index contributed by atoms with van der Waals surface area (Å²) >= 11 is 0. The van der Waals surface area contributed by atoms with Crippen molar-refractivity contribution in [2.24, 2.45) is 0 Å². The van der Waals surface area contributed by atoms with E-state index >= 15 is 0 Å². The molecule has 3 N–H and O–H groups in total. The number of nitrogens with one attached hydrogen (secondary N) is 2. The first-order valence-electron chi connectivity index (χ1n) is 21.1. The second-order valence-electron chi connectivity index (χ2n) is 13.9. The summed E-state index contributed by atoms with van der Waals surface area (Å²) in [7, 11) is 1.25. The molecule has 4 nitrogen and oxygen atoms in total. The lowest BCUT2D eigenvalue weighted by atomic mass is 10.0. The molecule has 0 aliphatic carbocycles. The van der Waals surface area contributed by atoms with E-state index in [0.717, 1.165) is 11.4 Å². The molecule has 0 spiro atoms. The maximum atomic E-state index is 9.46. The van der Waals surface area contributed by atoms with E-state index in [0.29, 0.717) is 0 Å². The average Bonchev–Trinajstić information content (AvgIpc) is 3.14. The van der Waals surface area contributed by atoms with Crippen LogP contribution in [0, 0.1) is 0 Å². The number of unbranched alkanes of at least 4 members (excludes halogenated alkanes) is 18. The predicted octanol–water partition coefficient (Wildman–Crippen LogP) is 15.2. The number of benzene rings is 2. The standard InChI is InChI=1S/C43H72N2O.3CH4.FHO/c1-6-9-11-13-15-17-19-21-23-25-27-39-29-33-41(34-30-39)44-37(4)43(46-8-3)38(5)45-42-35-31-40(32-36-42)28-26-24-22-20-18-16-14-12-10-7-2;;;;1-2/h8,29-38,43-45H,3,6-7,9-28H2,1-2,4-5H3;3*1H4;2H/i;1D;;;2D. The Balaban J connectivity index is -0.00000339. The topological polar surface area (TPSA) is 53.5 Å². The Morgan fingerprint density at radius 3 is 1.16 bits per heavy atom. The Labute approximate surface area is 320 Å². The fourth-order valence-corrected chi connectivity index (χ4v) is 6.64. The zero-order chi connectivity index (χ0) is 37.8. The van der Waals surface area contributed by atoms with Crippen LogP contribution < -0.4 is 10.6 Å². The number of ether oxygens (including phenoxy) is 1. The van der Waals surface area contributed by atoms with Gasteiger partial charge in [-0.05, 0) is 74.9 Å². The van der Waals surface area contributed by atoms with Gasteiger partial charge in [-0.25, -0.2) is 5.31 Å². The Morgan fingerprint density at radius 1 is 0.608 bits per heavy atom. The summed E-state index contributed by atoms with van der Waals surface area (Å²) in [5.74, 6) is 0. The highest BCUT2D eigenvalue weighted by Gasteiger charge is 2.25. The number of hydrogen-bond acceptors (Lipinski definition) is 4. The van der Waals surface area contributed by atoms with Crippen LogP contribution in [-0.4, -0.2) is 24.9 Å². The van der Waals surface area contributed by atoms with Crippen LogP contribution in [0.2, 0.25) is 0 Å². The van der Waals surface area contributed by atoms with Crippen LogP contribution in [0.15, 0.2) is 61.4 Å². The van der Waals surface area contributed by atoms with E-state index in [2.05, 4.69) is 93.4 Å². The molecule has 0 aliphatic rings. The normalized spacial score (nSPS) is 12.4. The van der Waals surface area contributed by atoms with Crippen LogP contribution in [0.25, 0.3) is 0 Å². The molecule has 2 aromatic rings. The van der Waals surface area contributed by atoms with E-state index in [9.17, 15) is 4.53 Å². The summed E-state index contributed by atoms with van der Waals surface area (Å²) in [6, 6.07) is 18.2. The van der Waals surface area contributed by atoms with E-state index in [-0.39, 0.29) is 33.0 Å². The van der Waals surface area contributed by atoms with Crippen molar-refractivity contribution >= 4 is 11.4 Å². The lowest BCUT2D eigenvalue weighted by Crippen LogP contribution is -2.43. The van der Waals surface area contributed by atoms with Crippen molar-refractivity contribution < 1.29 is 15.9 Å². The first-order chi connectivity index (χ1) is 25.0. The molecule has 298 valence electrons. The third-order valence-corrected chi connectivity index (χ3v) is 9.57. The first-order valence-corrected chi connectivity index (χ1v) is 19.7. The van der Waals surface area contributed by atoms with E-state index < -0.39 is 0 Å². The molecule has 0 bridgehead atoms. The van der Waals surface area contributed by atoms with Gasteiger partial charge in [0.05, 0.1) is 18.3 Å². The second-order valence-corrected chi connectivity index (χ2v) is 13.9. The van der Waals surface area contributed by atoms with Gasteiger partial charge in [-0.3, -0.25) is 0 Å². The number of hydrogen-bond donors (Lipinski definition) is 3. The van der Waals surface area contributed by atoms with Crippen LogP contribution in [-0.2, 0) is 17.6 Å². The van der Waals surface area contributed by atoms with Crippen molar-refractivity contribution in [1.82, 2.24) is 0 Å². The third kappa shape index (κ3) is 26.8. The summed E-state index contributed by atoms with van der Waals surface area (Å²) in [5, 5.41) is 9.36. The highest BCUT2D eigenvalue weighted by Crippen LogP contribution is 2.20. The summed E-state index contributed by atoms with van der Waals surface area (Å²) < 4.78 is 26.3.